The van der Waals surface area contributed by atoms with Crippen molar-refractivity contribution in [3.63, 3.8) is 0 Å². The van der Waals surface area contributed by atoms with Crippen LogP contribution in [0.25, 0.3) is 0 Å². The van der Waals surface area contributed by atoms with Gasteiger partial charge in [-0.05, 0) is 65.8 Å². The van der Waals surface area contributed by atoms with E-state index in [1.54, 1.807) is 5.30 Å². The zero-order valence-corrected chi connectivity index (χ0v) is 16.1. The summed E-state index contributed by atoms with van der Waals surface area (Å²) in [5.41, 5.74) is 1.28. The van der Waals surface area contributed by atoms with Crippen LogP contribution in [0.2, 0.25) is 0 Å². The number of nitrogens with zero attached hydrogens (tertiary/aromatic N) is 1. The summed E-state index contributed by atoms with van der Waals surface area (Å²) in [6, 6.07) is 9.16. The van der Waals surface area contributed by atoms with Gasteiger partial charge in [-0.1, -0.05) is 0 Å². The molecule has 0 saturated heterocycles. The molecule has 1 aromatic carbocycles. The molecule has 3 heteroatoms. The van der Waals surface area contributed by atoms with E-state index in [9.17, 15) is 0 Å². The van der Waals surface area contributed by atoms with Crippen LogP contribution in [-0.4, -0.2) is 24.4 Å². The average Bonchev–Trinajstić information content (AvgIpc) is 2.13. The van der Waals surface area contributed by atoms with Crippen LogP contribution >= 0.6 is 7.92 Å². The number of rotatable bonds is 2. The van der Waals surface area contributed by atoms with E-state index in [1.165, 1.54) is 5.69 Å². The maximum atomic E-state index is 2.38. The van der Waals surface area contributed by atoms with Crippen molar-refractivity contribution in [1.29, 1.82) is 0 Å². The molecule has 0 atom stereocenters. The number of hydrogen-bond acceptors (Lipinski definition) is 1. The molecule has 1 nitrogen and oxygen atoms in total. The second kappa shape index (κ2) is 6.71. The molecule has 19 heavy (non-hydrogen) atoms. The van der Waals surface area contributed by atoms with Crippen molar-refractivity contribution < 1.29 is 20.4 Å². The Hall–Kier alpha value is 0.112. The molecule has 110 valence electrons. The molecule has 1 aromatic rings. The molecular formula is C16H29NPPd+3. The van der Waals surface area contributed by atoms with Crippen molar-refractivity contribution in [3.05, 3.63) is 24.3 Å². The van der Waals surface area contributed by atoms with Gasteiger partial charge in [-0.3, -0.25) is 0 Å². The van der Waals surface area contributed by atoms with Crippen LogP contribution in [0.15, 0.2) is 24.3 Å². The minimum atomic E-state index is -0.614. The summed E-state index contributed by atoms with van der Waals surface area (Å²) in [5, 5.41) is 2.30. The largest absolute Gasteiger partial charge is 2.00 e. The molecule has 0 bridgehead atoms. The summed E-state index contributed by atoms with van der Waals surface area (Å²) in [7, 11) is 3.57. The molecule has 0 spiro atoms. The minimum Gasteiger partial charge on any atom is -0.378 e. The fourth-order valence-corrected chi connectivity index (χ4v) is 7.40. The standard InChI is InChI=1S/C16H28NP.Pd/c1-15(2,3)18(16(4,5)6)14-11-9-13(10-12-14)17(7)8;/h9-12H,1-8H3;/q;+2/p+1. The van der Waals surface area contributed by atoms with E-state index in [2.05, 4.69) is 84.8 Å². The SMILES string of the molecule is CN(C)c1ccc([PH+](C(C)(C)C)C(C)(C)C)cc1.[Pd+2]. The molecule has 0 radical (unpaired) electrons. The first-order valence-electron chi connectivity index (χ1n) is 6.69. The van der Waals surface area contributed by atoms with Crippen molar-refractivity contribution in [2.75, 3.05) is 19.0 Å². The van der Waals surface area contributed by atoms with Gasteiger partial charge in [-0.25, -0.2) is 0 Å². The van der Waals surface area contributed by atoms with E-state index in [-0.39, 0.29) is 20.4 Å². The van der Waals surface area contributed by atoms with Crippen molar-refractivity contribution in [2.24, 2.45) is 0 Å². The normalized spacial score (nSPS) is 12.3. The van der Waals surface area contributed by atoms with Crippen LogP contribution in [0.1, 0.15) is 41.5 Å². The van der Waals surface area contributed by atoms with Crippen molar-refractivity contribution in [1.82, 2.24) is 0 Å². The van der Waals surface area contributed by atoms with E-state index < -0.39 is 7.92 Å². The Bertz CT molecular complexity index is 371. The van der Waals surface area contributed by atoms with Crippen LogP contribution in [0.3, 0.4) is 0 Å². The zero-order chi connectivity index (χ0) is 14.1. The molecule has 0 aliphatic carbocycles. The third-order valence-corrected chi connectivity index (χ3v) is 7.08. The van der Waals surface area contributed by atoms with E-state index >= 15 is 0 Å². The molecule has 0 aliphatic rings. The molecule has 0 aromatic heterocycles. The van der Waals surface area contributed by atoms with Crippen LogP contribution < -0.4 is 10.2 Å². The first-order valence-corrected chi connectivity index (χ1v) is 8.19. The van der Waals surface area contributed by atoms with Gasteiger partial charge < -0.3 is 4.90 Å². The van der Waals surface area contributed by atoms with E-state index in [1.807, 2.05) is 0 Å². The van der Waals surface area contributed by atoms with E-state index in [0.717, 1.165) is 0 Å². The summed E-state index contributed by atoms with van der Waals surface area (Å²) >= 11 is 0. The van der Waals surface area contributed by atoms with Gasteiger partial charge in [0.15, 0.2) is 0 Å². The van der Waals surface area contributed by atoms with Crippen molar-refractivity contribution in [3.8, 4) is 0 Å². The summed E-state index contributed by atoms with van der Waals surface area (Å²) in [5.74, 6) is 0. The monoisotopic (exact) mass is 372 g/mol. The summed E-state index contributed by atoms with van der Waals surface area (Å²) in [6.45, 7) is 14.3. The van der Waals surface area contributed by atoms with Gasteiger partial charge >= 0.3 is 20.4 Å². The second-order valence-electron chi connectivity index (χ2n) is 7.32. The van der Waals surface area contributed by atoms with Crippen molar-refractivity contribution >= 4 is 18.9 Å². The Balaban J connectivity index is 0.00000324. The second-order valence-corrected chi connectivity index (χ2v) is 11.6. The molecule has 0 unspecified atom stereocenters. The van der Waals surface area contributed by atoms with Gasteiger partial charge in [0, 0.05) is 27.7 Å². The first kappa shape index (κ1) is 19.1. The predicted molar refractivity (Wildman–Crippen MR) is 88.2 cm³/mol. The van der Waals surface area contributed by atoms with Gasteiger partial charge in [0.1, 0.15) is 0 Å². The third-order valence-electron chi connectivity index (χ3n) is 3.17. The quantitative estimate of drug-likeness (QED) is 0.556. The third kappa shape index (κ3) is 5.19. The molecule has 0 amide bonds. The van der Waals surface area contributed by atoms with Gasteiger partial charge in [-0.15, -0.1) is 0 Å². The topological polar surface area (TPSA) is 3.24 Å². The van der Waals surface area contributed by atoms with Gasteiger partial charge in [0.05, 0.1) is 15.6 Å². The van der Waals surface area contributed by atoms with E-state index in [0.29, 0.717) is 10.3 Å². The molecule has 1 rings (SSSR count). The number of hydrogen-bond donors (Lipinski definition) is 0. The average molecular weight is 373 g/mol. The fourth-order valence-electron chi connectivity index (χ4n) is 2.92. The first-order chi connectivity index (χ1) is 8.03. The predicted octanol–water partition coefficient (Wildman–Crippen LogP) is 4.19. The smallest absolute Gasteiger partial charge is 0.378 e. The van der Waals surface area contributed by atoms with Crippen LogP contribution in [-0.2, 0) is 20.4 Å². The number of anilines is 1. The summed E-state index contributed by atoms with van der Waals surface area (Å²) in [6.07, 6.45) is 0. The molecular weight excluding hydrogens is 344 g/mol. The fraction of sp³-hybridized carbons (Fsp3) is 0.625. The maximum Gasteiger partial charge on any atom is 2.00 e. The molecule has 0 heterocycles. The molecule has 0 fully saturated rings. The number of benzene rings is 1. The molecule has 0 saturated carbocycles. The Morgan fingerprint density at radius 2 is 1.16 bits per heavy atom. The molecule has 0 aliphatic heterocycles. The van der Waals surface area contributed by atoms with Crippen molar-refractivity contribution in [2.45, 2.75) is 51.9 Å². The van der Waals surface area contributed by atoms with Crippen LogP contribution in [0.5, 0.6) is 0 Å². The molecule has 0 N–H and O–H groups in total. The Morgan fingerprint density at radius 3 is 1.42 bits per heavy atom. The van der Waals surface area contributed by atoms with Crippen LogP contribution in [0, 0.1) is 0 Å². The zero-order valence-electron chi connectivity index (χ0n) is 13.6. The van der Waals surface area contributed by atoms with Gasteiger partial charge in [-0.2, -0.15) is 0 Å². The van der Waals surface area contributed by atoms with Gasteiger partial charge in [0.2, 0.25) is 0 Å². The minimum absolute atomic E-state index is 0. The maximum absolute atomic E-state index is 2.38. The Kier molecular flexibility index (Phi) is 6.75. The summed E-state index contributed by atoms with van der Waals surface area (Å²) < 4.78 is 0. The van der Waals surface area contributed by atoms with Gasteiger partial charge in [0.25, 0.3) is 0 Å². The summed E-state index contributed by atoms with van der Waals surface area (Å²) in [4.78, 5) is 2.16. The Morgan fingerprint density at radius 1 is 0.789 bits per heavy atom. The Labute approximate surface area is 134 Å². The van der Waals surface area contributed by atoms with E-state index in [4.69, 9.17) is 0 Å². The van der Waals surface area contributed by atoms with Crippen LogP contribution in [0.4, 0.5) is 5.69 Å².